The minimum Gasteiger partial charge on any atom is -0.465 e. The lowest BCUT2D eigenvalue weighted by Gasteiger charge is -2.09. The molecule has 0 fully saturated rings. The van der Waals surface area contributed by atoms with Crippen LogP contribution in [0.2, 0.25) is 0 Å². The first-order valence-electron chi connectivity index (χ1n) is 4.96. The van der Waals surface area contributed by atoms with Crippen molar-refractivity contribution in [1.82, 2.24) is 0 Å². The Balaban J connectivity index is 3.31. The summed E-state index contributed by atoms with van der Waals surface area (Å²) in [6, 6.07) is 3.66. The molecule has 3 heteroatoms. The van der Waals surface area contributed by atoms with Crippen molar-refractivity contribution in [1.29, 1.82) is 5.41 Å². The zero-order valence-corrected chi connectivity index (χ0v) is 9.58. The molecule has 0 radical (unpaired) electrons. The summed E-state index contributed by atoms with van der Waals surface area (Å²) in [6.07, 6.45) is 4.89. The molecule has 1 rings (SSSR count). The lowest BCUT2D eigenvalue weighted by atomic mass is 10.00. The van der Waals surface area contributed by atoms with Gasteiger partial charge in [-0.25, -0.2) is 0 Å². The molecule has 0 aliphatic rings. The summed E-state index contributed by atoms with van der Waals surface area (Å²) in [5.74, 6) is 0.724. The molecular weight excluding hydrogens is 200 g/mol. The van der Waals surface area contributed by atoms with Gasteiger partial charge in [-0.15, -0.1) is 0 Å². The quantitative estimate of drug-likeness (QED) is 0.600. The Morgan fingerprint density at radius 3 is 2.62 bits per heavy atom. The second-order valence-electron chi connectivity index (χ2n) is 3.46. The fourth-order valence-corrected chi connectivity index (χ4v) is 1.54. The summed E-state index contributed by atoms with van der Waals surface area (Å²) < 4.78 is 5.29. The number of allylic oxidation sites excluding steroid dienone is 4. The standard InChI is InChI=1S/C13H16N2O/c1-4-6-11(15)13(10(3)14)9(2)12-7-5-8-16-12/h4-8,14H,1,15H2,2-3H3/b11-6+,13-9+,14-10?. The van der Waals surface area contributed by atoms with E-state index < -0.39 is 0 Å². The van der Waals surface area contributed by atoms with Crippen molar-refractivity contribution in [3.05, 3.63) is 54.2 Å². The van der Waals surface area contributed by atoms with Gasteiger partial charge in [-0.05, 0) is 32.1 Å². The monoisotopic (exact) mass is 216 g/mol. The summed E-state index contributed by atoms with van der Waals surface area (Å²) in [7, 11) is 0. The molecule has 0 saturated carbocycles. The molecule has 0 aliphatic carbocycles. The largest absolute Gasteiger partial charge is 0.465 e. The van der Waals surface area contributed by atoms with Crippen LogP contribution in [0.3, 0.4) is 0 Å². The highest BCUT2D eigenvalue weighted by atomic mass is 16.3. The van der Waals surface area contributed by atoms with Gasteiger partial charge in [-0.3, -0.25) is 0 Å². The Hall–Kier alpha value is -2.03. The van der Waals surface area contributed by atoms with E-state index in [0.717, 1.165) is 11.3 Å². The average Bonchev–Trinajstić information content (AvgIpc) is 2.70. The van der Waals surface area contributed by atoms with Gasteiger partial charge in [-0.2, -0.15) is 0 Å². The third kappa shape index (κ3) is 2.51. The van der Waals surface area contributed by atoms with Crippen LogP contribution in [0.1, 0.15) is 19.6 Å². The molecule has 0 saturated heterocycles. The Morgan fingerprint density at radius 1 is 1.50 bits per heavy atom. The predicted octanol–water partition coefficient (Wildman–Crippen LogP) is 3.12. The van der Waals surface area contributed by atoms with E-state index in [1.807, 2.05) is 19.1 Å². The van der Waals surface area contributed by atoms with Gasteiger partial charge in [0.1, 0.15) is 5.76 Å². The van der Waals surface area contributed by atoms with Crippen molar-refractivity contribution in [2.75, 3.05) is 0 Å². The lowest BCUT2D eigenvalue weighted by molar-refractivity contribution is 0.552. The summed E-state index contributed by atoms with van der Waals surface area (Å²) in [5.41, 5.74) is 8.36. The van der Waals surface area contributed by atoms with Crippen molar-refractivity contribution >= 4 is 11.3 Å². The van der Waals surface area contributed by atoms with Crippen LogP contribution in [0.25, 0.3) is 5.57 Å². The average molecular weight is 216 g/mol. The van der Waals surface area contributed by atoms with Crippen molar-refractivity contribution < 1.29 is 4.42 Å². The number of rotatable bonds is 4. The Bertz CT molecular complexity index is 450. The smallest absolute Gasteiger partial charge is 0.130 e. The number of hydrogen-bond acceptors (Lipinski definition) is 3. The molecule has 3 nitrogen and oxygen atoms in total. The highest BCUT2D eigenvalue weighted by Gasteiger charge is 2.11. The first-order valence-corrected chi connectivity index (χ1v) is 4.96. The topological polar surface area (TPSA) is 63.0 Å². The molecule has 0 aliphatic heterocycles. The van der Waals surface area contributed by atoms with E-state index in [0.29, 0.717) is 17.0 Å². The third-order valence-electron chi connectivity index (χ3n) is 2.23. The van der Waals surface area contributed by atoms with E-state index in [1.54, 1.807) is 25.3 Å². The molecule has 1 aromatic heterocycles. The molecule has 16 heavy (non-hydrogen) atoms. The summed E-state index contributed by atoms with van der Waals surface area (Å²) in [4.78, 5) is 0. The number of hydrogen-bond donors (Lipinski definition) is 2. The molecule has 0 bridgehead atoms. The number of furan rings is 1. The van der Waals surface area contributed by atoms with Crippen LogP contribution in [0, 0.1) is 5.41 Å². The van der Waals surface area contributed by atoms with Crippen molar-refractivity contribution in [2.45, 2.75) is 13.8 Å². The summed E-state index contributed by atoms with van der Waals surface area (Å²) >= 11 is 0. The first-order chi connectivity index (χ1) is 7.57. The predicted molar refractivity (Wildman–Crippen MR) is 67.2 cm³/mol. The van der Waals surface area contributed by atoms with E-state index in [9.17, 15) is 0 Å². The molecule has 0 atom stereocenters. The minimum atomic E-state index is 0.407. The number of nitrogens with two attached hydrogens (primary N) is 1. The van der Waals surface area contributed by atoms with Gasteiger partial charge in [0.2, 0.25) is 0 Å². The van der Waals surface area contributed by atoms with Crippen LogP contribution in [-0.4, -0.2) is 5.71 Å². The molecule has 0 unspecified atom stereocenters. The van der Waals surface area contributed by atoms with E-state index in [2.05, 4.69) is 6.58 Å². The second kappa shape index (κ2) is 5.16. The lowest BCUT2D eigenvalue weighted by Crippen LogP contribution is -2.09. The zero-order chi connectivity index (χ0) is 12.1. The van der Waals surface area contributed by atoms with E-state index in [4.69, 9.17) is 15.6 Å². The van der Waals surface area contributed by atoms with Crippen LogP contribution < -0.4 is 5.73 Å². The summed E-state index contributed by atoms with van der Waals surface area (Å²) in [6.45, 7) is 7.18. The van der Waals surface area contributed by atoms with Crippen molar-refractivity contribution in [3.63, 3.8) is 0 Å². The van der Waals surface area contributed by atoms with Crippen LogP contribution in [0.5, 0.6) is 0 Å². The first kappa shape index (κ1) is 12.0. The third-order valence-corrected chi connectivity index (χ3v) is 2.23. The molecule has 0 aromatic carbocycles. The van der Waals surface area contributed by atoms with E-state index >= 15 is 0 Å². The SMILES string of the molecule is C=C/C=C(N)\C(C(C)=N)=C(/C)c1ccco1. The van der Waals surface area contributed by atoms with E-state index in [1.165, 1.54) is 0 Å². The fourth-order valence-electron chi connectivity index (χ4n) is 1.54. The molecule has 84 valence electrons. The van der Waals surface area contributed by atoms with Crippen LogP contribution >= 0.6 is 0 Å². The normalized spacial score (nSPS) is 13.2. The Labute approximate surface area is 95.5 Å². The summed E-state index contributed by atoms with van der Waals surface area (Å²) in [5, 5.41) is 7.74. The van der Waals surface area contributed by atoms with Gasteiger partial charge >= 0.3 is 0 Å². The van der Waals surface area contributed by atoms with Crippen molar-refractivity contribution in [3.8, 4) is 0 Å². The van der Waals surface area contributed by atoms with Crippen LogP contribution in [0.15, 0.2) is 52.8 Å². The molecule has 3 N–H and O–H groups in total. The molecule has 1 aromatic rings. The van der Waals surface area contributed by atoms with Crippen LogP contribution in [0.4, 0.5) is 0 Å². The Kier molecular flexibility index (Phi) is 3.89. The minimum absolute atomic E-state index is 0.407. The maximum Gasteiger partial charge on any atom is 0.130 e. The van der Waals surface area contributed by atoms with Crippen LogP contribution in [-0.2, 0) is 0 Å². The molecule has 1 heterocycles. The fraction of sp³-hybridized carbons (Fsp3) is 0.154. The van der Waals surface area contributed by atoms with Gasteiger partial charge in [0.05, 0.1) is 6.26 Å². The highest BCUT2D eigenvalue weighted by Crippen LogP contribution is 2.22. The Morgan fingerprint density at radius 2 is 2.19 bits per heavy atom. The van der Waals surface area contributed by atoms with Gasteiger partial charge in [-0.1, -0.05) is 12.7 Å². The maximum absolute atomic E-state index is 7.74. The number of nitrogens with one attached hydrogen (secondary N) is 1. The van der Waals surface area contributed by atoms with Gasteiger partial charge < -0.3 is 15.6 Å². The van der Waals surface area contributed by atoms with E-state index in [-0.39, 0.29) is 0 Å². The zero-order valence-electron chi connectivity index (χ0n) is 9.58. The van der Waals surface area contributed by atoms with Gasteiger partial charge in [0.25, 0.3) is 0 Å². The molecule has 0 spiro atoms. The van der Waals surface area contributed by atoms with Crippen molar-refractivity contribution in [2.24, 2.45) is 5.73 Å². The maximum atomic E-state index is 7.74. The molecule has 0 amide bonds. The van der Waals surface area contributed by atoms with Gasteiger partial charge in [0.15, 0.2) is 0 Å². The highest BCUT2D eigenvalue weighted by molar-refractivity contribution is 6.06. The second-order valence-corrected chi connectivity index (χ2v) is 3.46. The van der Waals surface area contributed by atoms with Gasteiger partial charge in [0, 0.05) is 22.6 Å². The molecular formula is C13H16N2O.